The van der Waals surface area contributed by atoms with Gasteiger partial charge in [0.15, 0.2) is 6.61 Å². The maximum Gasteiger partial charge on any atom is 0.326 e. The van der Waals surface area contributed by atoms with E-state index in [1.807, 2.05) is 56.3 Å². The number of aryl methyl sites for hydroxylation is 2. The first-order valence-electron chi connectivity index (χ1n) is 12.3. The summed E-state index contributed by atoms with van der Waals surface area (Å²) >= 11 is 0. The van der Waals surface area contributed by atoms with Gasteiger partial charge in [0.05, 0.1) is 12.3 Å². The molecule has 0 aliphatic rings. The smallest absolute Gasteiger partial charge is 0.326 e. The molecule has 0 bridgehead atoms. The molecule has 0 aliphatic carbocycles. The van der Waals surface area contributed by atoms with Crippen LogP contribution in [0.25, 0.3) is 11.5 Å². The van der Waals surface area contributed by atoms with E-state index >= 15 is 0 Å². The molecule has 38 heavy (non-hydrogen) atoms. The quantitative estimate of drug-likeness (QED) is 0.280. The molecular formula is C30H30N2O6. The van der Waals surface area contributed by atoms with Crippen molar-refractivity contribution in [3.8, 4) is 23.0 Å². The molecule has 0 unspecified atom stereocenters. The highest BCUT2D eigenvalue weighted by Crippen LogP contribution is 2.22. The van der Waals surface area contributed by atoms with E-state index in [4.69, 9.17) is 13.9 Å². The Labute approximate surface area is 221 Å². The summed E-state index contributed by atoms with van der Waals surface area (Å²) in [7, 11) is 0. The van der Waals surface area contributed by atoms with Gasteiger partial charge in [-0.25, -0.2) is 9.78 Å². The fraction of sp³-hybridized carbons (Fsp3) is 0.233. The van der Waals surface area contributed by atoms with E-state index in [9.17, 15) is 14.7 Å². The van der Waals surface area contributed by atoms with Crippen LogP contribution in [0.2, 0.25) is 0 Å². The second kappa shape index (κ2) is 12.6. The number of nitrogens with zero attached hydrogens (tertiary/aromatic N) is 1. The number of hydrogen-bond acceptors (Lipinski definition) is 6. The van der Waals surface area contributed by atoms with E-state index in [0.717, 1.165) is 28.1 Å². The Kier molecular flexibility index (Phi) is 8.77. The standard InChI is InChI=1S/C30H30N2O6/c1-20-8-12-25(13-9-20)37-19-28(33)31-27(30(34)35)18-22-10-14-24(15-11-22)36-17-16-26-21(2)38-29(32-26)23-6-4-3-5-7-23/h3-15,27H,16-19H2,1-2H3,(H,31,33)(H,34,35)/t27-/m0/s1. The van der Waals surface area contributed by atoms with Crippen LogP contribution in [-0.4, -0.2) is 41.2 Å². The molecular weight excluding hydrogens is 484 g/mol. The van der Waals surface area contributed by atoms with E-state index in [0.29, 0.717) is 30.4 Å². The number of rotatable bonds is 12. The minimum absolute atomic E-state index is 0.131. The first-order chi connectivity index (χ1) is 18.4. The molecule has 1 heterocycles. The highest BCUT2D eigenvalue weighted by atomic mass is 16.5. The summed E-state index contributed by atoms with van der Waals surface area (Å²) in [5, 5.41) is 12.1. The lowest BCUT2D eigenvalue weighted by Crippen LogP contribution is -2.44. The van der Waals surface area contributed by atoms with Crippen LogP contribution in [0.15, 0.2) is 83.3 Å². The third-order valence-corrected chi connectivity index (χ3v) is 5.91. The van der Waals surface area contributed by atoms with Crippen molar-refractivity contribution in [2.75, 3.05) is 13.2 Å². The molecule has 0 fully saturated rings. The lowest BCUT2D eigenvalue weighted by atomic mass is 10.1. The molecule has 4 aromatic rings. The van der Waals surface area contributed by atoms with E-state index < -0.39 is 17.9 Å². The lowest BCUT2D eigenvalue weighted by molar-refractivity contribution is -0.142. The monoisotopic (exact) mass is 514 g/mol. The maximum absolute atomic E-state index is 12.3. The van der Waals surface area contributed by atoms with Crippen molar-refractivity contribution in [3.05, 3.63) is 101 Å². The molecule has 8 heteroatoms. The van der Waals surface area contributed by atoms with Crippen molar-refractivity contribution < 1.29 is 28.6 Å². The Balaban J connectivity index is 1.25. The van der Waals surface area contributed by atoms with Gasteiger partial charge in [-0.2, -0.15) is 0 Å². The zero-order valence-electron chi connectivity index (χ0n) is 21.3. The summed E-state index contributed by atoms with van der Waals surface area (Å²) in [6.45, 7) is 3.98. The van der Waals surface area contributed by atoms with Crippen LogP contribution in [0.1, 0.15) is 22.6 Å². The van der Waals surface area contributed by atoms with Gasteiger partial charge < -0.3 is 24.3 Å². The van der Waals surface area contributed by atoms with Gasteiger partial charge in [0.1, 0.15) is 23.3 Å². The third kappa shape index (κ3) is 7.46. The van der Waals surface area contributed by atoms with Gasteiger partial charge in [-0.3, -0.25) is 4.79 Å². The van der Waals surface area contributed by atoms with Crippen LogP contribution < -0.4 is 14.8 Å². The van der Waals surface area contributed by atoms with Crippen LogP contribution in [0, 0.1) is 13.8 Å². The van der Waals surface area contributed by atoms with Gasteiger partial charge in [-0.05, 0) is 55.8 Å². The number of nitrogens with one attached hydrogen (secondary N) is 1. The van der Waals surface area contributed by atoms with Crippen molar-refractivity contribution in [3.63, 3.8) is 0 Å². The molecule has 0 radical (unpaired) electrons. The number of ether oxygens (including phenoxy) is 2. The zero-order valence-corrected chi connectivity index (χ0v) is 21.3. The van der Waals surface area contributed by atoms with Crippen molar-refractivity contribution in [2.45, 2.75) is 32.7 Å². The summed E-state index contributed by atoms with van der Waals surface area (Å²) in [5.41, 5.74) is 3.59. The SMILES string of the molecule is Cc1ccc(OCC(=O)N[C@@H](Cc2ccc(OCCc3nc(-c4ccccc4)oc3C)cc2)C(=O)O)cc1. The number of carboxylic acids is 1. The van der Waals surface area contributed by atoms with Crippen molar-refractivity contribution >= 4 is 11.9 Å². The number of carboxylic acid groups (broad SMARTS) is 1. The summed E-state index contributed by atoms with van der Waals surface area (Å²) in [4.78, 5) is 28.6. The third-order valence-electron chi connectivity index (χ3n) is 5.91. The van der Waals surface area contributed by atoms with E-state index in [2.05, 4.69) is 10.3 Å². The summed E-state index contributed by atoms with van der Waals surface area (Å²) in [6, 6.07) is 23.0. The number of oxazole rings is 1. The van der Waals surface area contributed by atoms with E-state index in [-0.39, 0.29) is 13.0 Å². The molecule has 2 N–H and O–H groups in total. The topological polar surface area (TPSA) is 111 Å². The molecule has 8 nitrogen and oxygen atoms in total. The predicted octanol–water partition coefficient (Wildman–Crippen LogP) is 4.77. The van der Waals surface area contributed by atoms with Crippen LogP contribution in [0.5, 0.6) is 11.5 Å². The van der Waals surface area contributed by atoms with Crippen LogP contribution in [0.3, 0.4) is 0 Å². The average molecular weight is 515 g/mol. The van der Waals surface area contributed by atoms with Crippen molar-refractivity contribution in [2.24, 2.45) is 0 Å². The largest absolute Gasteiger partial charge is 0.493 e. The summed E-state index contributed by atoms with van der Waals surface area (Å²) < 4.78 is 17.1. The molecule has 0 saturated heterocycles. The van der Waals surface area contributed by atoms with Crippen molar-refractivity contribution in [1.29, 1.82) is 0 Å². The fourth-order valence-corrected chi connectivity index (χ4v) is 3.81. The first-order valence-corrected chi connectivity index (χ1v) is 12.3. The van der Waals surface area contributed by atoms with Crippen LogP contribution in [-0.2, 0) is 22.4 Å². The molecule has 3 aromatic carbocycles. The number of aromatic nitrogens is 1. The van der Waals surface area contributed by atoms with Crippen LogP contribution >= 0.6 is 0 Å². The number of hydrogen-bond donors (Lipinski definition) is 2. The van der Waals surface area contributed by atoms with Crippen molar-refractivity contribution in [1.82, 2.24) is 10.3 Å². The average Bonchev–Trinajstić information content (AvgIpc) is 3.29. The first kappa shape index (κ1) is 26.5. The number of amides is 1. The van der Waals surface area contributed by atoms with Gasteiger partial charge in [-0.1, -0.05) is 48.0 Å². The highest BCUT2D eigenvalue weighted by molar-refractivity contribution is 5.84. The Morgan fingerprint density at radius 3 is 2.26 bits per heavy atom. The van der Waals surface area contributed by atoms with Crippen LogP contribution in [0.4, 0.5) is 0 Å². The van der Waals surface area contributed by atoms with E-state index in [1.165, 1.54) is 0 Å². The van der Waals surface area contributed by atoms with Gasteiger partial charge in [0.2, 0.25) is 5.89 Å². The maximum atomic E-state index is 12.3. The van der Waals surface area contributed by atoms with E-state index in [1.54, 1.807) is 36.4 Å². The van der Waals surface area contributed by atoms with Gasteiger partial charge >= 0.3 is 5.97 Å². The second-order valence-corrected chi connectivity index (χ2v) is 8.89. The fourth-order valence-electron chi connectivity index (χ4n) is 3.81. The Morgan fingerprint density at radius 2 is 1.58 bits per heavy atom. The molecule has 0 saturated carbocycles. The Hall–Kier alpha value is -4.59. The van der Waals surface area contributed by atoms with Gasteiger partial charge in [-0.15, -0.1) is 0 Å². The lowest BCUT2D eigenvalue weighted by Gasteiger charge is -2.15. The summed E-state index contributed by atoms with van der Waals surface area (Å²) in [6.07, 6.45) is 0.716. The minimum atomic E-state index is -1.12. The minimum Gasteiger partial charge on any atom is -0.493 e. The van der Waals surface area contributed by atoms with Gasteiger partial charge in [0, 0.05) is 18.4 Å². The predicted molar refractivity (Wildman–Crippen MR) is 142 cm³/mol. The molecule has 1 amide bonds. The Morgan fingerprint density at radius 1 is 0.921 bits per heavy atom. The summed E-state index contributed by atoms with van der Waals surface area (Å²) in [5.74, 6) is 0.922. The second-order valence-electron chi connectivity index (χ2n) is 8.89. The number of aliphatic carboxylic acids is 1. The number of benzene rings is 3. The Bertz CT molecular complexity index is 1350. The normalized spacial score (nSPS) is 11.5. The molecule has 4 rings (SSSR count). The molecule has 196 valence electrons. The molecule has 1 atom stereocenters. The molecule has 0 spiro atoms. The highest BCUT2D eigenvalue weighted by Gasteiger charge is 2.21. The number of carbonyl (C=O) groups is 2. The number of carbonyl (C=O) groups excluding carboxylic acids is 1. The molecule has 1 aromatic heterocycles. The van der Waals surface area contributed by atoms with Gasteiger partial charge in [0.25, 0.3) is 5.91 Å². The molecule has 0 aliphatic heterocycles. The zero-order chi connectivity index (χ0) is 26.9.